The van der Waals surface area contributed by atoms with Gasteiger partial charge in [-0.05, 0) is 32.1 Å². The molecule has 0 amide bonds. The molecular formula is C9H14N2. The predicted molar refractivity (Wildman–Crippen MR) is 48.1 cm³/mol. The lowest BCUT2D eigenvalue weighted by atomic mass is 10.1. The average Bonchev–Trinajstić information content (AvgIpc) is 2.39. The van der Waals surface area contributed by atoms with Gasteiger partial charge in [0.05, 0.1) is 0 Å². The molecule has 2 heteroatoms. The van der Waals surface area contributed by atoms with Crippen LogP contribution in [-0.4, -0.2) is 11.0 Å². The van der Waals surface area contributed by atoms with Crippen LogP contribution in [0.4, 0.5) is 0 Å². The number of nitrogens with one attached hydrogen (secondary N) is 1. The van der Waals surface area contributed by atoms with Crippen LogP contribution in [0.15, 0.2) is 23.9 Å². The van der Waals surface area contributed by atoms with Crippen molar-refractivity contribution in [3.8, 4) is 0 Å². The van der Waals surface area contributed by atoms with Crippen molar-refractivity contribution in [1.82, 2.24) is 4.98 Å². The topological polar surface area (TPSA) is 41.8 Å². The Bertz CT molecular complexity index is 232. The van der Waals surface area contributed by atoms with Crippen molar-refractivity contribution in [2.45, 2.75) is 19.9 Å². The lowest BCUT2D eigenvalue weighted by molar-refractivity contribution is 0.867. The molecule has 1 rings (SSSR count). The molecule has 0 aliphatic rings. The van der Waals surface area contributed by atoms with E-state index in [1.54, 1.807) is 0 Å². The zero-order valence-corrected chi connectivity index (χ0v) is 6.96. The third kappa shape index (κ3) is 2.24. The molecule has 1 heterocycles. The maximum absolute atomic E-state index is 5.67. The minimum atomic E-state index is 0.137. The molecule has 1 aromatic rings. The summed E-state index contributed by atoms with van der Waals surface area (Å²) in [5, 5.41) is 0. The summed E-state index contributed by atoms with van der Waals surface area (Å²) in [7, 11) is 0. The summed E-state index contributed by atoms with van der Waals surface area (Å²) in [6, 6.07) is 4.13. The van der Waals surface area contributed by atoms with E-state index in [2.05, 4.69) is 11.1 Å². The van der Waals surface area contributed by atoms with Gasteiger partial charge in [0.15, 0.2) is 0 Å². The van der Waals surface area contributed by atoms with Gasteiger partial charge in [0.2, 0.25) is 0 Å². The van der Waals surface area contributed by atoms with Gasteiger partial charge in [0, 0.05) is 17.9 Å². The SMILES string of the molecule is C/C(=C\c1ccc[nH]1)C(C)N. The molecule has 0 aliphatic heterocycles. The first-order chi connectivity index (χ1) is 5.20. The van der Waals surface area contributed by atoms with Crippen molar-refractivity contribution in [2.75, 3.05) is 0 Å². The molecule has 0 spiro atoms. The average molecular weight is 150 g/mol. The smallest absolute Gasteiger partial charge is 0.0380 e. The first-order valence-corrected chi connectivity index (χ1v) is 3.77. The van der Waals surface area contributed by atoms with Crippen LogP contribution in [0.3, 0.4) is 0 Å². The lowest BCUT2D eigenvalue weighted by Crippen LogP contribution is -2.15. The van der Waals surface area contributed by atoms with Gasteiger partial charge in [0.25, 0.3) is 0 Å². The Hall–Kier alpha value is -1.02. The summed E-state index contributed by atoms with van der Waals surface area (Å²) >= 11 is 0. The Labute approximate surface area is 67.1 Å². The Kier molecular flexibility index (Phi) is 2.49. The van der Waals surface area contributed by atoms with Gasteiger partial charge in [-0.15, -0.1) is 0 Å². The third-order valence-electron chi connectivity index (χ3n) is 1.72. The highest BCUT2D eigenvalue weighted by atomic mass is 14.7. The van der Waals surface area contributed by atoms with E-state index in [1.165, 1.54) is 5.57 Å². The van der Waals surface area contributed by atoms with Gasteiger partial charge < -0.3 is 10.7 Å². The molecule has 1 unspecified atom stereocenters. The van der Waals surface area contributed by atoms with Gasteiger partial charge >= 0.3 is 0 Å². The number of hydrogen-bond donors (Lipinski definition) is 2. The van der Waals surface area contributed by atoms with Gasteiger partial charge in [-0.3, -0.25) is 0 Å². The second-order valence-electron chi connectivity index (χ2n) is 2.80. The fourth-order valence-corrected chi connectivity index (χ4v) is 0.811. The predicted octanol–water partition coefficient (Wildman–Crippen LogP) is 1.77. The van der Waals surface area contributed by atoms with Crippen molar-refractivity contribution in [2.24, 2.45) is 5.73 Å². The van der Waals surface area contributed by atoms with Crippen molar-refractivity contribution in [3.05, 3.63) is 29.6 Å². The van der Waals surface area contributed by atoms with E-state index in [9.17, 15) is 0 Å². The quantitative estimate of drug-likeness (QED) is 0.662. The van der Waals surface area contributed by atoms with Crippen molar-refractivity contribution >= 4 is 6.08 Å². The van der Waals surface area contributed by atoms with Crippen LogP contribution in [-0.2, 0) is 0 Å². The highest BCUT2D eigenvalue weighted by Gasteiger charge is 1.95. The van der Waals surface area contributed by atoms with Crippen LogP contribution >= 0.6 is 0 Å². The van der Waals surface area contributed by atoms with Crippen molar-refractivity contribution < 1.29 is 0 Å². The van der Waals surface area contributed by atoms with Gasteiger partial charge in [-0.1, -0.05) is 5.57 Å². The van der Waals surface area contributed by atoms with E-state index in [0.29, 0.717) is 0 Å². The van der Waals surface area contributed by atoms with E-state index < -0.39 is 0 Å². The molecular weight excluding hydrogens is 136 g/mol. The zero-order chi connectivity index (χ0) is 8.27. The number of nitrogens with two attached hydrogens (primary N) is 1. The molecule has 11 heavy (non-hydrogen) atoms. The maximum Gasteiger partial charge on any atom is 0.0380 e. The van der Waals surface area contributed by atoms with E-state index >= 15 is 0 Å². The van der Waals surface area contributed by atoms with Crippen LogP contribution in [0.1, 0.15) is 19.5 Å². The van der Waals surface area contributed by atoms with Crippen LogP contribution in [0, 0.1) is 0 Å². The first kappa shape index (κ1) is 8.08. The van der Waals surface area contributed by atoms with Crippen LogP contribution in [0.25, 0.3) is 6.08 Å². The molecule has 3 N–H and O–H groups in total. The van der Waals surface area contributed by atoms with Crippen molar-refractivity contribution in [3.63, 3.8) is 0 Å². The van der Waals surface area contributed by atoms with Gasteiger partial charge in [-0.2, -0.15) is 0 Å². The molecule has 0 radical (unpaired) electrons. The lowest BCUT2D eigenvalue weighted by Gasteiger charge is -2.03. The van der Waals surface area contributed by atoms with E-state index in [4.69, 9.17) is 5.73 Å². The molecule has 0 aromatic carbocycles. The molecule has 0 saturated heterocycles. The molecule has 0 saturated carbocycles. The largest absolute Gasteiger partial charge is 0.362 e. The molecule has 1 atom stereocenters. The summed E-state index contributed by atoms with van der Waals surface area (Å²) < 4.78 is 0. The van der Waals surface area contributed by atoms with Gasteiger partial charge in [0.1, 0.15) is 0 Å². The maximum atomic E-state index is 5.67. The Morgan fingerprint density at radius 3 is 2.91 bits per heavy atom. The summed E-state index contributed by atoms with van der Waals surface area (Å²) in [5.41, 5.74) is 7.97. The summed E-state index contributed by atoms with van der Waals surface area (Å²) in [6.07, 6.45) is 3.96. The minimum absolute atomic E-state index is 0.137. The third-order valence-corrected chi connectivity index (χ3v) is 1.72. The van der Waals surface area contributed by atoms with Crippen LogP contribution in [0.2, 0.25) is 0 Å². The van der Waals surface area contributed by atoms with Crippen molar-refractivity contribution in [1.29, 1.82) is 0 Å². The highest BCUT2D eigenvalue weighted by Crippen LogP contribution is 2.05. The highest BCUT2D eigenvalue weighted by molar-refractivity contribution is 5.49. The number of aromatic nitrogens is 1. The Morgan fingerprint density at radius 1 is 1.73 bits per heavy atom. The van der Waals surface area contributed by atoms with E-state index in [1.807, 2.05) is 32.2 Å². The summed E-state index contributed by atoms with van der Waals surface area (Å²) in [6.45, 7) is 4.01. The fourth-order valence-electron chi connectivity index (χ4n) is 0.811. The normalized spacial score (nSPS) is 15.0. The molecule has 60 valence electrons. The first-order valence-electron chi connectivity index (χ1n) is 3.77. The monoisotopic (exact) mass is 150 g/mol. The summed E-state index contributed by atoms with van der Waals surface area (Å²) in [5.74, 6) is 0. The number of aromatic amines is 1. The standard InChI is InChI=1S/C9H14N2/c1-7(8(2)10)6-9-4-3-5-11-9/h3-6,8,11H,10H2,1-2H3/b7-6+. The van der Waals surface area contributed by atoms with Gasteiger partial charge in [-0.25, -0.2) is 0 Å². The number of rotatable bonds is 2. The Morgan fingerprint density at radius 2 is 2.45 bits per heavy atom. The summed E-state index contributed by atoms with van der Waals surface area (Å²) in [4.78, 5) is 3.09. The minimum Gasteiger partial charge on any atom is -0.362 e. The fraction of sp³-hybridized carbons (Fsp3) is 0.333. The van der Waals surface area contributed by atoms with E-state index in [0.717, 1.165) is 5.69 Å². The molecule has 0 aliphatic carbocycles. The number of H-pyrrole nitrogens is 1. The second kappa shape index (κ2) is 3.39. The van der Waals surface area contributed by atoms with Crippen LogP contribution < -0.4 is 5.73 Å². The Balaban J connectivity index is 2.74. The zero-order valence-electron chi connectivity index (χ0n) is 6.96. The van der Waals surface area contributed by atoms with Crippen LogP contribution in [0.5, 0.6) is 0 Å². The molecule has 2 nitrogen and oxygen atoms in total. The van der Waals surface area contributed by atoms with E-state index in [-0.39, 0.29) is 6.04 Å². The second-order valence-corrected chi connectivity index (χ2v) is 2.80. The molecule has 0 bridgehead atoms. The molecule has 0 fully saturated rings. The molecule has 1 aromatic heterocycles. The number of hydrogen-bond acceptors (Lipinski definition) is 1.